The highest BCUT2D eigenvalue weighted by Crippen LogP contribution is 2.19. The van der Waals surface area contributed by atoms with Gasteiger partial charge in [-0.25, -0.2) is 4.39 Å². The first kappa shape index (κ1) is 14.4. The molecule has 0 fully saturated rings. The van der Waals surface area contributed by atoms with Crippen LogP contribution >= 0.6 is 15.9 Å². The first-order valence-electron chi connectivity index (χ1n) is 5.91. The summed E-state index contributed by atoms with van der Waals surface area (Å²) in [6, 6.07) is 5.26. The normalized spacial score (nSPS) is 13.8. The highest BCUT2D eigenvalue weighted by atomic mass is 79.9. The Hall–Kier alpha value is -0.670. The quantitative estimate of drug-likeness (QED) is 0.851. The van der Waals surface area contributed by atoms with Crippen LogP contribution in [-0.4, -0.2) is 12.6 Å². The molecule has 3 heteroatoms. The molecule has 1 aromatic rings. The third kappa shape index (κ3) is 4.60. The van der Waals surface area contributed by atoms with Gasteiger partial charge in [0.05, 0.1) is 0 Å². The summed E-state index contributed by atoms with van der Waals surface area (Å²) in [5.74, 6) is -0.185. The van der Waals surface area contributed by atoms with Gasteiger partial charge >= 0.3 is 0 Å². The van der Waals surface area contributed by atoms with E-state index in [2.05, 4.69) is 35.1 Å². The van der Waals surface area contributed by atoms with Crippen LogP contribution in [0, 0.1) is 5.82 Å². The predicted octanol–water partition coefficient (Wildman–Crippen LogP) is 4.38. The molecule has 0 aromatic heterocycles. The van der Waals surface area contributed by atoms with Gasteiger partial charge in [-0.2, -0.15) is 0 Å². The predicted molar refractivity (Wildman–Crippen MR) is 75.5 cm³/mol. The molecule has 0 saturated heterocycles. The van der Waals surface area contributed by atoms with Crippen LogP contribution in [0.4, 0.5) is 4.39 Å². The summed E-state index contributed by atoms with van der Waals surface area (Å²) < 4.78 is 14.5. The first-order valence-corrected chi connectivity index (χ1v) is 6.70. The Kier molecular flexibility index (Phi) is 5.86. The van der Waals surface area contributed by atoms with E-state index in [0.717, 1.165) is 23.0 Å². The molecule has 0 aliphatic heterocycles. The van der Waals surface area contributed by atoms with Crippen LogP contribution in [0.1, 0.15) is 32.8 Å². The van der Waals surface area contributed by atoms with Crippen molar-refractivity contribution in [1.29, 1.82) is 0 Å². The maximum absolute atomic E-state index is 13.6. The Balaban J connectivity index is 2.82. The van der Waals surface area contributed by atoms with Crippen LogP contribution in [0.3, 0.4) is 0 Å². The molecule has 0 amide bonds. The van der Waals surface area contributed by atoms with Gasteiger partial charge in [-0.15, -0.1) is 0 Å². The molecule has 0 heterocycles. The van der Waals surface area contributed by atoms with Gasteiger partial charge in [0, 0.05) is 16.1 Å². The van der Waals surface area contributed by atoms with Crippen molar-refractivity contribution in [2.45, 2.75) is 33.2 Å². The largest absolute Gasteiger partial charge is 0.311 e. The zero-order valence-electron chi connectivity index (χ0n) is 10.6. The average Bonchev–Trinajstić information content (AvgIpc) is 2.30. The summed E-state index contributed by atoms with van der Waals surface area (Å²) in [5, 5.41) is 3.38. The van der Waals surface area contributed by atoms with Crippen molar-refractivity contribution in [2.75, 3.05) is 6.54 Å². The minimum absolute atomic E-state index is 0.185. The molecule has 1 aromatic carbocycles. The minimum Gasteiger partial charge on any atom is -0.311 e. The Bertz CT molecular complexity index is 401. The Morgan fingerprint density at radius 3 is 2.88 bits per heavy atom. The van der Waals surface area contributed by atoms with E-state index < -0.39 is 0 Å². The van der Waals surface area contributed by atoms with Gasteiger partial charge in [0.1, 0.15) is 5.82 Å². The fourth-order valence-electron chi connectivity index (χ4n) is 1.52. The second-order valence-corrected chi connectivity index (χ2v) is 5.15. The highest BCUT2D eigenvalue weighted by Gasteiger charge is 2.05. The molecule has 17 heavy (non-hydrogen) atoms. The van der Waals surface area contributed by atoms with Gasteiger partial charge in [0.25, 0.3) is 0 Å². The highest BCUT2D eigenvalue weighted by molar-refractivity contribution is 9.10. The van der Waals surface area contributed by atoms with Gasteiger partial charge in [-0.3, -0.25) is 0 Å². The molecule has 1 atom stereocenters. The number of halogens is 2. The minimum atomic E-state index is -0.185. The van der Waals surface area contributed by atoms with Crippen LogP contribution in [0.25, 0.3) is 6.08 Å². The molecule has 1 unspecified atom stereocenters. The van der Waals surface area contributed by atoms with Gasteiger partial charge in [-0.1, -0.05) is 34.5 Å². The Morgan fingerprint density at radius 1 is 1.53 bits per heavy atom. The maximum Gasteiger partial charge on any atom is 0.130 e. The van der Waals surface area contributed by atoms with Gasteiger partial charge in [-0.05, 0) is 45.0 Å². The van der Waals surface area contributed by atoms with Crippen molar-refractivity contribution in [2.24, 2.45) is 0 Å². The lowest BCUT2D eigenvalue weighted by Gasteiger charge is -2.14. The number of nitrogens with one attached hydrogen (secondary N) is 1. The van der Waals surface area contributed by atoms with Crippen molar-refractivity contribution in [1.82, 2.24) is 5.32 Å². The number of rotatable bonds is 5. The lowest BCUT2D eigenvalue weighted by Crippen LogP contribution is -2.27. The van der Waals surface area contributed by atoms with E-state index in [-0.39, 0.29) is 11.9 Å². The smallest absolute Gasteiger partial charge is 0.130 e. The molecule has 0 aliphatic carbocycles. The molecule has 1 rings (SSSR count). The topological polar surface area (TPSA) is 12.0 Å². The number of hydrogen-bond donors (Lipinski definition) is 1. The third-order valence-electron chi connectivity index (χ3n) is 2.72. The molecule has 0 saturated carbocycles. The monoisotopic (exact) mass is 299 g/mol. The molecule has 0 spiro atoms. The van der Waals surface area contributed by atoms with Gasteiger partial charge in [0.2, 0.25) is 0 Å². The zero-order chi connectivity index (χ0) is 12.8. The van der Waals surface area contributed by atoms with Gasteiger partial charge < -0.3 is 5.32 Å². The van der Waals surface area contributed by atoms with E-state index in [4.69, 9.17) is 0 Å². The van der Waals surface area contributed by atoms with Crippen LogP contribution < -0.4 is 5.32 Å². The van der Waals surface area contributed by atoms with Crippen LogP contribution in [-0.2, 0) is 0 Å². The molecule has 0 bridgehead atoms. The molecular weight excluding hydrogens is 281 g/mol. The van der Waals surface area contributed by atoms with Gasteiger partial charge in [0.15, 0.2) is 0 Å². The summed E-state index contributed by atoms with van der Waals surface area (Å²) in [6.07, 6.45) is 3.00. The van der Waals surface area contributed by atoms with E-state index in [1.807, 2.05) is 13.0 Å². The first-order chi connectivity index (χ1) is 8.04. The molecule has 94 valence electrons. The second-order valence-electron chi connectivity index (χ2n) is 4.23. The molecule has 0 radical (unpaired) electrons. The fourth-order valence-corrected chi connectivity index (χ4v) is 1.90. The Labute approximate surface area is 111 Å². The van der Waals surface area contributed by atoms with Crippen LogP contribution in [0.15, 0.2) is 28.2 Å². The summed E-state index contributed by atoms with van der Waals surface area (Å²) >= 11 is 3.35. The third-order valence-corrected chi connectivity index (χ3v) is 3.22. The number of benzene rings is 1. The zero-order valence-corrected chi connectivity index (χ0v) is 12.1. The van der Waals surface area contributed by atoms with Crippen molar-refractivity contribution < 1.29 is 4.39 Å². The molecule has 1 N–H and O–H groups in total. The van der Waals surface area contributed by atoms with Crippen molar-refractivity contribution >= 4 is 22.0 Å². The van der Waals surface area contributed by atoms with E-state index in [0.29, 0.717) is 5.56 Å². The molecular formula is C14H19BrFN. The SMILES string of the molecule is CCCNC(C)/C(C)=C/c1cc(Br)ccc1F. The summed E-state index contributed by atoms with van der Waals surface area (Å²) in [5.41, 5.74) is 1.76. The summed E-state index contributed by atoms with van der Waals surface area (Å²) in [6.45, 7) is 7.23. The molecule has 1 nitrogen and oxygen atoms in total. The van der Waals surface area contributed by atoms with E-state index >= 15 is 0 Å². The maximum atomic E-state index is 13.6. The van der Waals surface area contributed by atoms with Crippen molar-refractivity contribution in [3.63, 3.8) is 0 Å². The fraction of sp³-hybridized carbons (Fsp3) is 0.429. The lowest BCUT2D eigenvalue weighted by molar-refractivity contribution is 0.602. The number of hydrogen-bond acceptors (Lipinski definition) is 1. The van der Waals surface area contributed by atoms with Crippen molar-refractivity contribution in [3.05, 3.63) is 39.6 Å². The van der Waals surface area contributed by atoms with E-state index in [1.165, 1.54) is 6.07 Å². The van der Waals surface area contributed by atoms with E-state index in [1.54, 1.807) is 12.1 Å². The van der Waals surface area contributed by atoms with E-state index in [9.17, 15) is 4.39 Å². The van der Waals surface area contributed by atoms with Crippen LogP contribution in [0.2, 0.25) is 0 Å². The average molecular weight is 300 g/mol. The standard InChI is InChI=1S/C14H19BrFN/c1-4-7-17-11(3)10(2)8-12-9-13(15)5-6-14(12)16/h5-6,8-9,11,17H,4,7H2,1-3H3/b10-8+. The summed E-state index contributed by atoms with van der Waals surface area (Å²) in [7, 11) is 0. The van der Waals surface area contributed by atoms with Crippen molar-refractivity contribution in [3.8, 4) is 0 Å². The summed E-state index contributed by atoms with van der Waals surface area (Å²) in [4.78, 5) is 0. The lowest BCUT2D eigenvalue weighted by atomic mass is 10.1. The Morgan fingerprint density at radius 2 is 2.24 bits per heavy atom. The van der Waals surface area contributed by atoms with Crippen LogP contribution in [0.5, 0.6) is 0 Å². The second kappa shape index (κ2) is 6.92. The molecule has 0 aliphatic rings.